The molecule has 0 spiro atoms. The van der Waals surface area contributed by atoms with Crippen LogP contribution in [0, 0.1) is 0 Å². The molecule has 1 amide bonds. The number of amides is 1. The van der Waals surface area contributed by atoms with Crippen molar-refractivity contribution < 1.29 is 36.7 Å². The molecule has 0 saturated heterocycles. The molecular weight excluding hydrogens is 515 g/mol. The van der Waals surface area contributed by atoms with Gasteiger partial charge < -0.3 is 9.15 Å². The van der Waals surface area contributed by atoms with Crippen LogP contribution < -0.4 is 10.5 Å². The third-order valence-electron chi connectivity index (χ3n) is 6.96. The van der Waals surface area contributed by atoms with E-state index in [-0.39, 0.29) is 27.4 Å². The van der Waals surface area contributed by atoms with E-state index < -0.39 is 63.4 Å². The Morgan fingerprint density at radius 2 is 1.65 bits per heavy atom. The average Bonchev–Trinajstić information content (AvgIpc) is 3.69. The van der Waals surface area contributed by atoms with Gasteiger partial charge in [0.15, 0.2) is 11.5 Å². The van der Waals surface area contributed by atoms with Crippen LogP contribution in [0.15, 0.2) is 51.7 Å². The molecular formula is C26H15ClF3NO6. The summed E-state index contributed by atoms with van der Waals surface area (Å²) in [6.07, 6.45) is -6.04. The molecule has 1 aromatic heterocycles. The van der Waals surface area contributed by atoms with Crippen molar-refractivity contribution in [3.05, 3.63) is 97.0 Å². The first-order valence-electron chi connectivity index (χ1n) is 11.2. The molecule has 6 rings (SSSR count). The zero-order valence-corrected chi connectivity index (χ0v) is 19.7. The summed E-state index contributed by atoms with van der Waals surface area (Å²) in [4.78, 5) is 53.9. The minimum atomic E-state index is -5.38. The molecule has 1 saturated carbocycles. The van der Waals surface area contributed by atoms with E-state index in [2.05, 4.69) is 0 Å². The zero-order valence-electron chi connectivity index (χ0n) is 18.9. The Balaban J connectivity index is 1.77. The molecule has 7 nitrogen and oxygen atoms in total. The molecule has 0 bridgehead atoms. The van der Waals surface area contributed by atoms with Gasteiger partial charge in [-0.15, -0.1) is 0 Å². The molecule has 2 heterocycles. The molecule has 11 heteroatoms. The molecule has 0 radical (unpaired) electrons. The van der Waals surface area contributed by atoms with Gasteiger partial charge in [0.05, 0.1) is 16.8 Å². The van der Waals surface area contributed by atoms with E-state index in [9.17, 15) is 19.2 Å². The van der Waals surface area contributed by atoms with Crippen LogP contribution in [0.5, 0.6) is 0 Å². The van der Waals surface area contributed by atoms with Crippen molar-refractivity contribution in [2.24, 2.45) is 0 Å². The molecule has 0 unspecified atom stereocenters. The topological polar surface area (TPSA) is 93.9 Å². The normalized spacial score (nSPS) is 20.8. The number of anilines is 1. The van der Waals surface area contributed by atoms with Gasteiger partial charge in [0.2, 0.25) is 5.78 Å². The maximum Gasteiger partial charge on any atom is 0.437 e. The van der Waals surface area contributed by atoms with Gasteiger partial charge in [0.1, 0.15) is 0 Å². The van der Waals surface area contributed by atoms with Gasteiger partial charge in [-0.3, -0.25) is 14.5 Å². The van der Waals surface area contributed by atoms with Gasteiger partial charge in [-0.05, 0) is 42.5 Å². The lowest BCUT2D eigenvalue weighted by molar-refractivity contribution is -0.248. The summed E-state index contributed by atoms with van der Waals surface area (Å²) >= 11 is 6.07. The van der Waals surface area contributed by atoms with Crippen LogP contribution in [-0.2, 0) is 10.3 Å². The molecule has 1 fully saturated rings. The second-order valence-electron chi connectivity index (χ2n) is 9.13. The Hall–Kier alpha value is -3.92. The van der Waals surface area contributed by atoms with Crippen LogP contribution >= 0.6 is 11.6 Å². The molecule has 0 N–H and O–H groups in total. The van der Waals surface area contributed by atoms with E-state index in [4.69, 9.17) is 20.8 Å². The van der Waals surface area contributed by atoms with Crippen molar-refractivity contribution in [3.63, 3.8) is 0 Å². The summed E-state index contributed by atoms with van der Waals surface area (Å²) in [5.41, 5.74) is -7.76. The highest BCUT2D eigenvalue weighted by atomic mass is 35.5. The predicted molar refractivity (Wildman–Crippen MR) is 123 cm³/mol. The highest BCUT2D eigenvalue weighted by Crippen LogP contribution is 2.57. The van der Waals surface area contributed by atoms with Gasteiger partial charge in [-0.25, -0.2) is 9.59 Å². The summed E-state index contributed by atoms with van der Waals surface area (Å²) in [6, 6.07) is 9.25. The van der Waals surface area contributed by atoms with Crippen molar-refractivity contribution in [1.29, 1.82) is 0 Å². The standard InChI is InChI=1S/C26H15ClF3NO6/c1-31-16-9-8-12(27)10-15(16)25(26(28,29)30,37-24(31)35)19-17(11-6-7-11)18-20(32)13-4-2-3-5-14(13)21(33)22(18)36-23(19)34/h2-5,8-11H,6-7H2,1H3/t25-/m1/s1. The molecule has 1 atom stereocenters. The third-order valence-corrected chi connectivity index (χ3v) is 7.20. The van der Waals surface area contributed by atoms with E-state index >= 15 is 13.2 Å². The minimum absolute atomic E-state index is 0.0217. The fourth-order valence-electron chi connectivity index (χ4n) is 5.16. The molecule has 3 aromatic rings. The number of rotatable bonds is 2. The van der Waals surface area contributed by atoms with E-state index in [0.29, 0.717) is 12.8 Å². The molecule has 2 aromatic carbocycles. The summed E-state index contributed by atoms with van der Waals surface area (Å²) in [6.45, 7) is 0. The summed E-state index contributed by atoms with van der Waals surface area (Å²) in [5, 5.41) is -0.103. The van der Waals surface area contributed by atoms with Crippen molar-refractivity contribution >= 4 is 34.9 Å². The molecule has 3 aliphatic rings. The van der Waals surface area contributed by atoms with E-state index in [0.717, 1.165) is 11.0 Å². The number of fused-ring (bicyclic) bond motifs is 3. The van der Waals surface area contributed by atoms with Crippen molar-refractivity contribution in [3.8, 4) is 0 Å². The van der Waals surface area contributed by atoms with Crippen LogP contribution in [0.25, 0.3) is 0 Å². The lowest BCUT2D eigenvalue weighted by Gasteiger charge is -2.42. The number of halogens is 4. The number of hydrogen-bond acceptors (Lipinski definition) is 6. The number of carbonyl (C=O) groups excluding carboxylic acids is 3. The van der Waals surface area contributed by atoms with Crippen LogP contribution in [0.3, 0.4) is 0 Å². The molecule has 1 aliphatic heterocycles. The quantitative estimate of drug-likeness (QED) is 0.348. The second-order valence-corrected chi connectivity index (χ2v) is 9.56. The number of ketones is 2. The van der Waals surface area contributed by atoms with Gasteiger partial charge in [0.25, 0.3) is 5.60 Å². The largest absolute Gasteiger partial charge is 0.437 e. The van der Waals surface area contributed by atoms with Crippen LogP contribution in [0.2, 0.25) is 5.02 Å². The predicted octanol–water partition coefficient (Wildman–Crippen LogP) is 5.34. The third kappa shape index (κ3) is 3.08. The first kappa shape index (κ1) is 23.5. The number of nitrogens with zero attached hydrogens (tertiary/aromatic N) is 1. The SMILES string of the molecule is CN1C(=O)O[C@](c2c(C3CC3)c3c(oc2=O)C(=O)c2ccccc2C3=O)(C(F)(F)F)c2cc(Cl)ccc21. The highest BCUT2D eigenvalue weighted by Gasteiger charge is 2.67. The Kier molecular flexibility index (Phi) is 4.79. The van der Waals surface area contributed by atoms with E-state index in [1.807, 2.05) is 0 Å². The maximum atomic E-state index is 15.2. The first-order chi connectivity index (χ1) is 17.5. The summed E-state index contributed by atoms with van der Waals surface area (Å²) < 4.78 is 55.9. The maximum absolute atomic E-state index is 15.2. The molecule has 2 aliphatic carbocycles. The van der Waals surface area contributed by atoms with E-state index in [1.54, 1.807) is 0 Å². The van der Waals surface area contributed by atoms with Crippen molar-refractivity contribution in [2.75, 3.05) is 11.9 Å². The minimum Gasteiger partial charge on any atom is -0.422 e. The lowest BCUT2D eigenvalue weighted by atomic mass is 9.76. The smallest absolute Gasteiger partial charge is 0.422 e. The Morgan fingerprint density at radius 3 is 2.27 bits per heavy atom. The van der Waals surface area contributed by atoms with Crippen molar-refractivity contribution in [2.45, 2.75) is 30.5 Å². The van der Waals surface area contributed by atoms with Crippen LogP contribution in [-0.4, -0.2) is 30.9 Å². The zero-order chi connectivity index (χ0) is 26.4. The van der Waals surface area contributed by atoms with Gasteiger partial charge in [0, 0.05) is 28.8 Å². The Morgan fingerprint density at radius 1 is 1.00 bits per heavy atom. The summed E-state index contributed by atoms with van der Waals surface area (Å²) in [5.74, 6) is -2.82. The van der Waals surface area contributed by atoms with Gasteiger partial charge in [-0.2, -0.15) is 13.2 Å². The average molecular weight is 530 g/mol. The second kappa shape index (κ2) is 7.55. The number of cyclic esters (lactones) is 1. The monoisotopic (exact) mass is 529 g/mol. The van der Waals surface area contributed by atoms with Crippen molar-refractivity contribution in [1.82, 2.24) is 0 Å². The number of hydrogen-bond donors (Lipinski definition) is 0. The summed E-state index contributed by atoms with van der Waals surface area (Å²) in [7, 11) is 1.21. The molecule has 37 heavy (non-hydrogen) atoms. The van der Waals surface area contributed by atoms with Gasteiger partial charge in [-0.1, -0.05) is 35.9 Å². The van der Waals surface area contributed by atoms with E-state index in [1.165, 1.54) is 43.4 Å². The number of ether oxygens (including phenoxy) is 1. The van der Waals surface area contributed by atoms with Gasteiger partial charge >= 0.3 is 17.9 Å². The Bertz CT molecular complexity index is 1620. The first-order valence-corrected chi connectivity index (χ1v) is 11.6. The molecule has 188 valence electrons. The van der Waals surface area contributed by atoms with Crippen LogP contribution in [0.4, 0.5) is 23.7 Å². The number of benzene rings is 2. The Labute approximate surface area is 211 Å². The lowest BCUT2D eigenvalue weighted by Crippen LogP contribution is -2.56. The highest BCUT2D eigenvalue weighted by molar-refractivity contribution is 6.31. The number of carbonyl (C=O) groups is 3. The fraction of sp³-hybridized carbons (Fsp3) is 0.231. The fourth-order valence-corrected chi connectivity index (χ4v) is 5.33. The van der Waals surface area contributed by atoms with Crippen LogP contribution in [0.1, 0.15) is 67.5 Å². The number of alkyl halides is 3.